The van der Waals surface area contributed by atoms with Gasteiger partial charge in [0.15, 0.2) is 0 Å². The zero-order valence-corrected chi connectivity index (χ0v) is 13.5. The number of amides is 1. The van der Waals surface area contributed by atoms with Crippen molar-refractivity contribution < 1.29 is 4.79 Å². The second-order valence-corrected chi connectivity index (χ2v) is 7.45. The number of nitrogens with zero attached hydrogens (tertiary/aromatic N) is 1. The lowest BCUT2D eigenvalue weighted by Gasteiger charge is -2.09. The van der Waals surface area contributed by atoms with E-state index in [1.165, 1.54) is 22.7 Å². The summed E-state index contributed by atoms with van der Waals surface area (Å²) in [6, 6.07) is 1.74. The molecule has 0 aliphatic heterocycles. The summed E-state index contributed by atoms with van der Waals surface area (Å²) < 4.78 is 1.82. The first-order valence-electron chi connectivity index (χ1n) is 4.73. The SMILES string of the molecule is CC(NC(=O)c1cc(Br)c(Br)s1)c1nccs1. The van der Waals surface area contributed by atoms with Crippen molar-refractivity contribution in [1.82, 2.24) is 10.3 Å². The van der Waals surface area contributed by atoms with Crippen molar-refractivity contribution in [2.75, 3.05) is 0 Å². The number of hydrogen-bond donors (Lipinski definition) is 1. The van der Waals surface area contributed by atoms with E-state index in [-0.39, 0.29) is 11.9 Å². The van der Waals surface area contributed by atoms with Crippen LogP contribution in [0.1, 0.15) is 27.6 Å². The van der Waals surface area contributed by atoms with Crippen molar-refractivity contribution in [2.45, 2.75) is 13.0 Å². The average molecular weight is 396 g/mol. The van der Waals surface area contributed by atoms with Gasteiger partial charge in [-0.3, -0.25) is 4.79 Å². The minimum atomic E-state index is -0.0795. The zero-order valence-electron chi connectivity index (χ0n) is 8.74. The third-order valence-corrected chi connectivity index (χ3v) is 6.25. The summed E-state index contributed by atoms with van der Waals surface area (Å²) in [7, 11) is 0. The molecule has 0 bridgehead atoms. The molecule has 2 heterocycles. The standard InChI is InChI=1S/C10H8Br2N2OS2/c1-5(10-13-2-3-16-10)14-9(15)7-4-6(11)8(12)17-7/h2-5H,1H3,(H,14,15). The third-order valence-electron chi connectivity index (χ3n) is 2.04. The van der Waals surface area contributed by atoms with E-state index in [0.717, 1.165) is 13.3 Å². The van der Waals surface area contributed by atoms with Gasteiger partial charge >= 0.3 is 0 Å². The van der Waals surface area contributed by atoms with Crippen molar-refractivity contribution in [3.8, 4) is 0 Å². The van der Waals surface area contributed by atoms with Gasteiger partial charge in [-0.25, -0.2) is 4.98 Å². The van der Waals surface area contributed by atoms with Crippen LogP contribution in [0.25, 0.3) is 0 Å². The molecule has 3 nitrogen and oxygen atoms in total. The van der Waals surface area contributed by atoms with Crippen LogP contribution in [-0.4, -0.2) is 10.9 Å². The van der Waals surface area contributed by atoms with Gasteiger partial charge < -0.3 is 5.32 Å². The van der Waals surface area contributed by atoms with Crippen LogP contribution in [0.5, 0.6) is 0 Å². The molecule has 0 fully saturated rings. The Kier molecular flexibility index (Phi) is 4.35. The van der Waals surface area contributed by atoms with Crippen molar-refractivity contribution in [1.29, 1.82) is 0 Å². The molecule has 2 rings (SSSR count). The summed E-state index contributed by atoms with van der Waals surface area (Å²) in [6.45, 7) is 1.93. The molecule has 0 spiro atoms. The van der Waals surface area contributed by atoms with Crippen LogP contribution in [0, 0.1) is 0 Å². The highest BCUT2D eigenvalue weighted by Gasteiger charge is 2.16. The van der Waals surface area contributed by atoms with Gasteiger partial charge in [-0.1, -0.05) is 0 Å². The van der Waals surface area contributed by atoms with Crippen LogP contribution in [0.2, 0.25) is 0 Å². The molecule has 2 aromatic rings. The molecule has 1 unspecified atom stereocenters. The quantitative estimate of drug-likeness (QED) is 0.845. The summed E-state index contributed by atoms with van der Waals surface area (Å²) >= 11 is 9.67. The molecule has 2 aromatic heterocycles. The summed E-state index contributed by atoms with van der Waals surface area (Å²) in [5.41, 5.74) is 0. The fourth-order valence-corrected chi connectivity index (χ4v) is 3.82. The van der Waals surface area contributed by atoms with Gasteiger partial charge in [-0.05, 0) is 44.8 Å². The van der Waals surface area contributed by atoms with E-state index in [9.17, 15) is 4.79 Å². The maximum absolute atomic E-state index is 12.0. The first-order valence-corrected chi connectivity index (χ1v) is 8.01. The van der Waals surface area contributed by atoms with Crippen molar-refractivity contribution >= 4 is 60.4 Å². The van der Waals surface area contributed by atoms with E-state index in [4.69, 9.17) is 0 Å². The number of rotatable bonds is 3. The number of aromatic nitrogens is 1. The van der Waals surface area contributed by atoms with Crippen LogP contribution in [0.15, 0.2) is 25.9 Å². The topological polar surface area (TPSA) is 42.0 Å². The van der Waals surface area contributed by atoms with Gasteiger partial charge in [0.05, 0.1) is 14.7 Å². The normalized spacial score (nSPS) is 12.4. The summed E-state index contributed by atoms with van der Waals surface area (Å²) in [5.74, 6) is -0.0795. The van der Waals surface area contributed by atoms with Crippen LogP contribution < -0.4 is 5.32 Å². The highest BCUT2D eigenvalue weighted by Crippen LogP contribution is 2.32. The number of carbonyl (C=O) groups excluding carboxylic acids is 1. The lowest BCUT2D eigenvalue weighted by molar-refractivity contribution is 0.0944. The first kappa shape index (κ1) is 13.2. The molecule has 0 aromatic carbocycles. The minimum absolute atomic E-state index is 0.0675. The Morgan fingerprint density at radius 2 is 2.29 bits per heavy atom. The fraction of sp³-hybridized carbons (Fsp3) is 0.200. The Labute approximate surface area is 124 Å². The van der Waals surface area contributed by atoms with E-state index in [1.807, 2.05) is 12.3 Å². The van der Waals surface area contributed by atoms with Gasteiger partial charge in [0.1, 0.15) is 5.01 Å². The molecule has 1 N–H and O–H groups in total. The molecule has 0 aliphatic carbocycles. The monoisotopic (exact) mass is 394 g/mol. The van der Waals surface area contributed by atoms with E-state index in [1.54, 1.807) is 12.3 Å². The Hall–Kier alpha value is -0.240. The van der Waals surface area contributed by atoms with Crippen LogP contribution >= 0.6 is 54.5 Å². The molecule has 7 heteroatoms. The molecule has 90 valence electrons. The molecular formula is C10H8Br2N2OS2. The molecule has 0 radical (unpaired) electrons. The van der Waals surface area contributed by atoms with Gasteiger partial charge in [0, 0.05) is 16.0 Å². The molecular weight excluding hydrogens is 388 g/mol. The van der Waals surface area contributed by atoms with Crippen molar-refractivity contribution in [3.05, 3.63) is 35.8 Å². The number of thiophene rings is 1. The van der Waals surface area contributed by atoms with Crippen molar-refractivity contribution in [3.63, 3.8) is 0 Å². The summed E-state index contributed by atoms with van der Waals surface area (Å²) in [6.07, 6.45) is 1.74. The van der Waals surface area contributed by atoms with Crippen LogP contribution in [0.3, 0.4) is 0 Å². The first-order chi connectivity index (χ1) is 8.08. The average Bonchev–Trinajstić information content (AvgIpc) is 2.89. The number of halogens is 2. The molecule has 0 saturated heterocycles. The predicted octanol–water partition coefficient (Wildman–Crippen LogP) is 4.22. The van der Waals surface area contributed by atoms with E-state index in [2.05, 4.69) is 42.2 Å². The highest BCUT2D eigenvalue weighted by atomic mass is 79.9. The minimum Gasteiger partial charge on any atom is -0.342 e. The largest absolute Gasteiger partial charge is 0.342 e. The smallest absolute Gasteiger partial charge is 0.261 e. The lowest BCUT2D eigenvalue weighted by atomic mass is 10.3. The molecule has 1 atom stereocenters. The second-order valence-electron chi connectivity index (χ2n) is 3.30. The van der Waals surface area contributed by atoms with Gasteiger partial charge in [0.25, 0.3) is 5.91 Å². The lowest BCUT2D eigenvalue weighted by Crippen LogP contribution is -2.25. The van der Waals surface area contributed by atoms with Crippen LogP contribution in [0.4, 0.5) is 0 Å². The highest BCUT2D eigenvalue weighted by molar-refractivity contribution is 9.13. The van der Waals surface area contributed by atoms with E-state index < -0.39 is 0 Å². The summed E-state index contributed by atoms with van der Waals surface area (Å²) in [5, 5.41) is 5.73. The van der Waals surface area contributed by atoms with Gasteiger partial charge in [-0.2, -0.15) is 0 Å². The fourth-order valence-electron chi connectivity index (χ4n) is 1.24. The third kappa shape index (κ3) is 3.15. The Balaban J connectivity index is 2.07. The Morgan fingerprint density at radius 3 is 2.82 bits per heavy atom. The maximum atomic E-state index is 12.0. The second kappa shape index (κ2) is 5.60. The molecule has 0 saturated carbocycles. The number of carbonyl (C=O) groups is 1. The number of hydrogen-bond acceptors (Lipinski definition) is 4. The molecule has 1 amide bonds. The molecule has 17 heavy (non-hydrogen) atoms. The Morgan fingerprint density at radius 1 is 1.53 bits per heavy atom. The van der Waals surface area contributed by atoms with E-state index in [0.29, 0.717) is 4.88 Å². The molecule has 0 aliphatic rings. The zero-order chi connectivity index (χ0) is 12.4. The predicted molar refractivity (Wildman–Crippen MR) is 77.7 cm³/mol. The van der Waals surface area contributed by atoms with Gasteiger partial charge in [-0.15, -0.1) is 22.7 Å². The van der Waals surface area contributed by atoms with Crippen LogP contribution in [-0.2, 0) is 0 Å². The number of nitrogens with one attached hydrogen (secondary N) is 1. The van der Waals surface area contributed by atoms with Gasteiger partial charge in [0.2, 0.25) is 0 Å². The Bertz CT molecular complexity index is 505. The van der Waals surface area contributed by atoms with Crippen molar-refractivity contribution in [2.24, 2.45) is 0 Å². The number of thiazole rings is 1. The van der Waals surface area contributed by atoms with E-state index >= 15 is 0 Å². The maximum Gasteiger partial charge on any atom is 0.261 e. The summed E-state index contributed by atoms with van der Waals surface area (Å²) in [4.78, 5) is 16.8.